The number of carbonyl (C=O) groups is 1. The molecule has 0 aliphatic heterocycles. The number of hydrogen-bond acceptors (Lipinski definition) is 2. The topological polar surface area (TPSA) is 42.0 Å². The van der Waals surface area contributed by atoms with Crippen molar-refractivity contribution in [3.63, 3.8) is 0 Å². The normalized spacial score (nSPS) is 9.94. The Kier molecular flexibility index (Phi) is 4.77. The molecule has 3 nitrogen and oxygen atoms in total. The second-order valence-electron chi connectivity index (χ2n) is 3.22. The van der Waals surface area contributed by atoms with E-state index in [9.17, 15) is 4.79 Å². The number of pyridine rings is 1. The van der Waals surface area contributed by atoms with E-state index in [4.69, 9.17) is 23.2 Å². The summed E-state index contributed by atoms with van der Waals surface area (Å²) < 4.78 is 0. The average molecular weight is 259 g/mol. The zero-order valence-corrected chi connectivity index (χ0v) is 10.4. The maximum absolute atomic E-state index is 11.7. The van der Waals surface area contributed by atoms with Crippen LogP contribution in [0.4, 0.5) is 0 Å². The second kappa shape index (κ2) is 5.87. The number of nitrogens with zero attached hydrogens (tertiary/aromatic N) is 1. The maximum Gasteiger partial charge on any atom is 0.251 e. The van der Waals surface area contributed by atoms with E-state index in [0.29, 0.717) is 15.7 Å². The van der Waals surface area contributed by atoms with Crippen molar-refractivity contribution in [3.8, 4) is 0 Å². The molecule has 0 aliphatic carbocycles. The lowest BCUT2D eigenvalue weighted by atomic mass is 10.2. The molecule has 1 rings (SSSR count). The Hall–Kier alpha value is -1.06. The number of aryl methyl sites for hydroxylation is 1. The summed E-state index contributed by atoms with van der Waals surface area (Å²) in [5.41, 5.74) is 1.26. The molecule has 0 aliphatic rings. The van der Waals surface area contributed by atoms with Crippen molar-refractivity contribution in [1.29, 1.82) is 0 Å². The lowest BCUT2D eigenvalue weighted by Crippen LogP contribution is -2.24. The number of halogens is 2. The minimum Gasteiger partial charge on any atom is -0.347 e. The molecule has 0 bridgehead atoms. The highest BCUT2D eigenvalue weighted by atomic mass is 35.5. The number of aromatic nitrogens is 1. The van der Waals surface area contributed by atoms with Crippen LogP contribution in [0.5, 0.6) is 0 Å². The molecular weight excluding hydrogens is 247 g/mol. The quantitative estimate of drug-likeness (QED) is 0.845. The van der Waals surface area contributed by atoms with Crippen LogP contribution in [0.15, 0.2) is 23.7 Å². The molecular formula is C11H12Cl2N2O. The summed E-state index contributed by atoms with van der Waals surface area (Å²) in [5.74, 6) is -0.235. The Morgan fingerprint density at radius 3 is 2.81 bits per heavy atom. The van der Waals surface area contributed by atoms with Crippen molar-refractivity contribution < 1.29 is 4.79 Å². The van der Waals surface area contributed by atoms with Gasteiger partial charge in [-0.15, -0.1) is 0 Å². The Morgan fingerprint density at radius 1 is 1.56 bits per heavy atom. The molecule has 0 unspecified atom stereocenters. The van der Waals surface area contributed by atoms with Crippen LogP contribution in [0.1, 0.15) is 23.0 Å². The third-order valence-electron chi connectivity index (χ3n) is 1.91. The zero-order chi connectivity index (χ0) is 12.1. The molecule has 0 atom stereocenters. The van der Waals surface area contributed by atoms with Crippen molar-refractivity contribution in [1.82, 2.24) is 10.3 Å². The number of rotatable bonds is 4. The van der Waals surface area contributed by atoms with Gasteiger partial charge in [-0.1, -0.05) is 36.7 Å². The molecule has 0 saturated carbocycles. The van der Waals surface area contributed by atoms with E-state index in [1.54, 1.807) is 6.07 Å². The van der Waals surface area contributed by atoms with Gasteiger partial charge in [0.15, 0.2) is 0 Å². The van der Waals surface area contributed by atoms with Gasteiger partial charge in [0, 0.05) is 16.3 Å². The fraction of sp³-hybridized carbons (Fsp3) is 0.273. The number of nitrogens with one attached hydrogen (secondary N) is 1. The fourth-order valence-electron chi connectivity index (χ4n) is 1.14. The summed E-state index contributed by atoms with van der Waals surface area (Å²) in [6.45, 7) is 5.67. The molecule has 1 amide bonds. The fourth-order valence-corrected chi connectivity index (χ4v) is 1.43. The molecule has 0 saturated heterocycles. The predicted octanol–water partition coefficient (Wildman–Crippen LogP) is 2.78. The van der Waals surface area contributed by atoms with Crippen LogP contribution in [-0.4, -0.2) is 17.4 Å². The van der Waals surface area contributed by atoms with Crippen LogP contribution < -0.4 is 5.32 Å². The summed E-state index contributed by atoms with van der Waals surface area (Å²) in [6, 6.07) is 3.23. The molecule has 1 heterocycles. The van der Waals surface area contributed by atoms with Crippen LogP contribution in [0, 0.1) is 0 Å². The maximum atomic E-state index is 11.7. The summed E-state index contributed by atoms with van der Waals surface area (Å²) in [6.07, 6.45) is 0.725. The van der Waals surface area contributed by atoms with E-state index in [0.717, 1.165) is 12.1 Å². The van der Waals surface area contributed by atoms with E-state index in [-0.39, 0.29) is 12.5 Å². The Bertz CT molecular complexity index is 418. The van der Waals surface area contributed by atoms with Crippen molar-refractivity contribution in [2.45, 2.75) is 13.3 Å². The van der Waals surface area contributed by atoms with E-state index in [1.165, 1.54) is 6.07 Å². The first kappa shape index (κ1) is 13.0. The SMILES string of the molecule is C=C(Cl)CNC(=O)c1cc(Cl)nc(CC)c1. The Balaban J connectivity index is 2.82. The Labute approximate surface area is 104 Å². The summed E-state index contributed by atoms with van der Waals surface area (Å²) >= 11 is 11.4. The lowest BCUT2D eigenvalue weighted by molar-refractivity contribution is 0.0957. The minimum absolute atomic E-state index is 0.235. The van der Waals surface area contributed by atoms with E-state index in [2.05, 4.69) is 16.9 Å². The molecule has 1 aromatic heterocycles. The van der Waals surface area contributed by atoms with Crippen molar-refractivity contribution in [3.05, 3.63) is 40.2 Å². The van der Waals surface area contributed by atoms with Crippen molar-refractivity contribution in [2.24, 2.45) is 0 Å². The van der Waals surface area contributed by atoms with Gasteiger partial charge >= 0.3 is 0 Å². The monoisotopic (exact) mass is 258 g/mol. The molecule has 1 aromatic rings. The molecule has 0 spiro atoms. The van der Waals surface area contributed by atoms with Gasteiger partial charge < -0.3 is 5.32 Å². The standard InChI is InChI=1S/C11H12Cl2N2O/c1-3-9-4-8(5-10(13)15-9)11(16)14-6-7(2)12/h4-5H,2-3,6H2,1H3,(H,14,16). The molecule has 5 heteroatoms. The first-order valence-corrected chi connectivity index (χ1v) is 5.56. The van der Waals surface area contributed by atoms with Gasteiger partial charge in [0.05, 0.1) is 6.54 Å². The third kappa shape index (κ3) is 3.83. The first-order chi connectivity index (χ1) is 7.52. The van der Waals surface area contributed by atoms with Gasteiger partial charge in [0.1, 0.15) is 5.15 Å². The molecule has 16 heavy (non-hydrogen) atoms. The molecule has 0 radical (unpaired) electrons. The van der Waals surface area contributed by atoms with Crippen LogP contribution >= 0.6 is 23.2 Å². The molecule has 1 N–H and O–H groups in total. The minimum atomic E-state index is -0.235. The summed E-state index contributed by atoms with van der Waals surface area (Å²) in [5, 5.41) is 3.31. The largest absolute Gasteiger partial charge is 0.347 e. The lowest BCUT2D eigenvalue weighted by Gasteiger charge is -2.05. The van der Waals surface area contributed by atoms with Gasteiger partial charge in [-0.3, -0.25) is 4.79 Å². The summed E-state index contributed by atoms with van der Waals surface area (Å²) in [7, 11) is 0. The molecule has 0 fully saturated rings. The zero-order valence-electron chi connectivity index (χ0n) is 8.89. The molecule has 86 valence electrons. The van der Waals surface area contributed by atoms with Crippen LogP contribution in [0.25, 0.3) is 0 Å². The molecule has 0 aromatic carbocycles. The van der Waals surface area contributed by atoms with Crippen LogP contribution in [0.2, 0.25) is 5.15 Å². The van der Waals surface area contributed by atoms with Gasteiger partial charge in [-0.05, 0) is 18.6 Å². The van der Waals surface area contributed by atoms with E-state index in [1.807, 2.05) is 6.92 Å². The van der Waals surface area contributed by atoms with Crippen molar-refractivity contribution in [2.75, 3.05) is 6.54 Å². The van der Waals surface area contributed by atoms with Crippen LogP contribution in [-0.2, 0) is 6.42 Å². The predicted molar refractivity (Wildman–Crippen MR) is 66.0 cm³/mol. The van der Waals surface area contributed by atoms with E-state index < -0.39 is 0 Å². The van der Waals surface area contributed by atoms with Crippen LogP contribution in [0.3, 0.4) is 0 Å². The number of carbonyl (C=O) groups excluding carboxylic acids is 1. The van der Waals surface area contributed by atoms with E-state index >= 15 is 0 Å². The number of amides is 1. The highest BCUT2D eigenvalue weighted by Crippen LogP contribution is 2.11. The van der Waals surface area contributed by atoms with Gasteiger partial charge in [-0.2, -0.15) is 0 Å². The van der Waals surface area contributed by atoms with Gasteiger partial charge in [0.25, 0.3) is 5.91 Å². The van der Waals surface area contributed by atoms with Crippen molar-refractivity contribution >= 4 is 29.1 Å². The van der Waals surface area contributed by atoms with Gasteiger partial charge in [-0.25, -0.2) is 4.98 Å². The highest BCUT2D eigenvalue weighted by Gasteiger charge is 2.08. The first-order valence-electron chi connectivity index (χ1n) is 4.81. The Morgan fingerprint density at radius 2 is 2.25 bits per heavy atom. The smallest absolute Gasteiger partial charge is 0.251 e. The number of hydrogen-bond donors (Lipinski definition) is 1. The third-order valence-corrected chi connectivity index (χ3v) is 2.24. The van der Waals surface area contributed by atoms with Gasteiger partial charge in [0.2, 0.25) is 0 Å². The summed E-state index contributed by atoms with van der Waals surface area (Å²) in [4.78, 5) is 15.7. The second-order valence-corrected chi connectivity index (χ2v) is 4.15. The average Bonchev–Trinajstić information content (AvgIpc) is 2.24. The highest BCUT2D eigenvalue weighted by molar-refractivity contribution is 6.30.